The summed E-state index contributed by atoms with van der Waals surface area (Å²) in [6, 6.07) is 66.2. The number of aryl methyl sites for hydroxylation is 1. The van der Waals surface area contributed by atoms with Gasteiger partial charge in [0, 0.05) is 16.9 Å². The largest absolute Gasteiger partial charge is 0.310 e. The normalized spacial score (nSPS) is 11.4. The van der Waals surface area contributed by atoms with E-state index in [9.17, 15) is 0 Å². The molecule has 9 rings (SSSR count). The maximum atomic E-state index is 2.38. The lowest BCUT2D eigenvalue weighted by atomic mass is 9.88. The van der Waals surface area contributed by atoms with Crippen LogP contribution in [0.25, 0.3) is 65.7 Å². The molecule has 0 heterocycles. The van der Waals surface area contributed by atoms with Crippen molar-refractivity contribution in [3.8, 4) is 33.4 Å². The molecule has 9 aromatic rings. The predicted octanol–water partition coefficient (Wildman–Crippen LogP) is 13.4. The Morgan fingerprint density at radius 2 is 0.812 bits per heavy atom. The Kier molecular flexibility index (Phi) is 6.76. The summed E-state index contributed by atoms with van der Waals surface area (Å²) in [7, 11) is 0. The van der Waals surface area contributed by atoms with Crippen molar-refractivity contribution in [2.75, 3.05) is 4.90 Å². The second-order valence-electron chi connectivity index (χ2n) is 12.6. The zero-order valence-electron chi connectivity index (χ0n) is 26.8. The van der Waals surface area contributed by atoms with Gasteiger partial charge in [-0.3, -0.25) is 0 Å². The lowest BCUT2D eigenvalue weighted by molar-refractivity contribution is 1.28. The van der Waals surface area contributed by atoms with Gasteiger partial charge in [0.05, 0.1) is 5.69 Å². The Labute approximate surface area is 281 Å². The zero-order valence-corrected chi connectivity index (χ0v) is 26.8. The Hall–Kier alpha value is -6.18. The van der Waals surface area contributed by atoms with Gasteiger partial charge in [-0.1, -0.05) is 152 Å². The van der Waals surface area contributed by atoms with E-state index in [1.807, 2.05) is 0 Å². The van der Waals surface area contributed by atoms with Crippen LogP contribution in [0.3, 0.4) is 0 Å². The molecule has 0 radical (unpaired) electrons. The van der Waals surface area contributed by atoms with Crippen LogP contribution in [-0.4, -0.2) is 0 Å². The summed E-state index contributed by atoms with van der Waals surface area (Å²) < 4.78 is 0. The highest BCUT2D eigenvalue weighted by molar-refractivity contribution is 6.26. The second kappa shape index (κ2) is 11.6. The Bertz CT molecular complexity index is 2530. The fourth-order valence-corrected chi connectivity index (χ4v) is 7.38. The minimum Gasteiger partial charge on any atom is -0.310 e. The molecule has 9 aromatic carbocycles. The van der Waals surface area contributed by atoms with Gasteiger partial charge in [0.25, 0.3) is 0 Å². The van der Waals surface area contributed by atoms with Gasteiger partial charge in [-0.05, 0) is 103 Å². The number of nitrogens with zero attached hydrogens (tertiary/aromatic N) is 1. The summed E-state index contributed by atoms with van der Waals surface area (Å²) in [4.78, 5) is 2.38. The summed E-state index contributed by atoms with van der Waals surface area (Å²) in [6.07, 6.45) is 0. The average molecular weight is 612 g/mol. The SMILES string of the molecule is Cc1ccc2ccc3c(-c4ccc(N(c5ccc(-c6ccccc6)cc5)c5ccccc5-c5ccccc5)cc4)ccc4ccc1c2c43. The molecule has 0 fully saturated rings. The van der Waals surface area contributed by atoms with E-state index in [0.29, 0.717) is 0 Å². The molecule has 1 heteroatoms. The minimum atomic E-state index is 1.11. The number of anilines is 3. The number of hydrogen-bond acceptors (Lipinski definition) is 1. The third-order valence-corrected chi connectivity index (χ3v) is 9.78. The quantitative estimate of drug-likeness (QED) is 0.169. The summed E-state index contributed by atoms with van der Waals surface area (Å²) in [5.74, 6) is 0. The lowest BCUT2D eigenvalue weighted by Gasteiger charge is -2.28. The van der Waals surface area contributed by atoms with Gasteiger partial charge in [0.2, 0.25) is 0 Å². The highest BCUT2D eigenvalue weighted by Gasteiger charge is 2.18. The molecule has 0 unspecified atom stereocenters. The molecule has 0 aliphatic carbocycles. The van der Waals surface area contributed by atoms with Crippen LogP contribution in [0.2, 0.25) is 0 Å². The molecule has 0 spiro atoms. The van der Waals surface area contributed by atoms with Gasteiger partial charge in [0.1, 0.15) is 0 Å². The molecule has 48 heavy (non-hydrogen) atoms. The first-order valence-corrected chi connectivity index (χ1v) is 16.6. The van der Waals surface area contributed by atoms with E-state index in [-0.39, 0.29) is 0 Å². The summed E-state index contributed by atoms with van der Waals surface area (Å²) >= 11 is 0. The predicted molar refractivity (Wildman–Crippen MR) is 206 cm³/mol. The Morgan fingerprint density at radius 3 is 1.50 bits per heavy atom. The van der Waals surface area contributed by atoms with Crippen LogP contribution < -0.4 is 4.90 Å². The molecule has 0 saturated carbocycles. The van der Waals surface area contributed by atoms with Crippen LogP contribution in [-0.2, 0) is 0 Å². The standard InChI is InChI=1S/C47H33N/c1-32-16-17-37-24-31-44-42(30-23-38-22-29-41(32)46(37)47(38)44)36-20-27-40(28-21-36)48(39-25-18-34(19-26-39)33-10-4-2-5-11-33)45-15-9-8-14-43(45)35-12-6-3-7-13-35/h2-31H,1H3. The number of hydrogen-bond donors (Lipinski definition) is 0. The van der Waals surface area contributed by atoms with Gasteiger partial charge < -0.3 is 4.90 Å². The van der Waals surface area contributed by atoms with Gasteiger partial charge in [-0.15, -0.1) is 0 Å². The lowest BCUT2D eigenvalue weighted by Crippen LogP contribution is -2.11. The minimum absolute atomic E-state index is 1.11. The van der Waals surface area contributed by atoms with Crippen molar-refractivity contribution in [3.05, 3.63) is 188 Å². The van der Waals surface area contributed by atoms with Crippen molar-refractivity contribution in [2.45, 2.75) is 6.92 Å². The molecular formula is C47H33N. The van der Waals surface area contributed by atoms with Crippen molar-refractivity contribution in [3.63, 3.8) is 0 Å². The zero-order chi connectivity index (χ0) is 32.0. The van der Waals surface area contributed by atoms with Crippen molar-refractivity contribution in [1.82, 2.24) is 0 Å². The highest BCUT2D eigenvalue weighted by atomic mass is 15.1. The number of benzene rings is 9. The van der Waals surface area contributed by atoms with E-state index in [4.69, 9.17) is 0 Å². The first-order valence-electron chi connectivity index (χ1n) is 16.6. The fourth-order valence-electron chi connectivity index (χ4n) is 7.38. The molecule has 1 nitrogen and oxygen atoms in total. The van der Waals surface area contributed by atoms with Crippen molar-refractivity contribution < 1.29 is 0 Å². The van der Waals surface area contributed by atoms with E-state index < -0.39 is 0 Å². The molecule has 226 valence electrons. The smallest absolute Gasteiger partial charge is 0.0540 e. The van der Waals surface area contributed by atoms with E-state index in [1.54, 1.807) is 0 Å². The third-order valence-electron chi connectivity index (χ3n) is 9.78. The highest BCUT2D eigenvalue weighted by Crippen LogP contribution is 2.43. The van der Waals surface area contributed by atoms with Crippen LogP contribution in [0.5, 0.6) is 0 Å². The summed E-state index contributed by atoms with van der Waals surface area (Å²) in [6.45, 7) is 2.21. The topological polar surface area (TPSA) is 3.24 Å². The molecule has 0 amide bonds. The molecule has 0 N–H and O–H groups in total. The monoisotopic (exact) mass is 611 g/mol. The van der Waals surface area contributed by atoms with Gasteiger partial charge in [0.15, 0.2) is 0 Å². The van der Waals surface area contributed by atoms with Crippen LogP contribution in [0, 0.1) is 6.92 Å². The van der Waals surface area contributed by atoms with Crippen LogP contribution in [0.15, 0.2) is 182 Å². The van der Waals surface area contributed by atoms with Crippen molar-refractivity contribution in [2.24, 2.45) is 0 Å². The van der Waals surface area contributed by atoms with E-state index >= 15 is 0 Å². The van der Waals surface area contributed by atoms with Crippen molar-refractivity contribution >= 4 is 49.4 Å². The third kappa shape index (κ3) is 4.71. The first kappa shape index (κ1) is 28.1. The molecule has 0 aromatic heterocycles. The number of para-hydroxylation sites is 1. The molecule has 0 aliphatic heterocycles. The molecule has 0 atom stereocenters. The Balaban J connectivity index is 1.18. The molecule has 0 bridgehead atoms. The van der Waals surface area contributed by atoms with Gasteiger partial charge in [-0.2, -0.15) is 0 Å². The first-order chi connectivity index (χ1) is 23.7. The van der Waals surface area contributed by atoms with Crippen LogP contribution in [0.1, 0.15) is 5.56 Å². The molecule has 0 saturated heterocycles. The van der Waals surface area contributed by atoms with Crippen molar-refractivity contribution in [1.29, 1.82) is 0 Å². The van der Waals surface area contributed by atoms with Gasteiger partial charge >= 0.3 is 0 Å². The Morgan fingerprint density at radius 1 is 0.333 bits per heavy atom. The molecular weight excluding hydrogens is 579 g/mol. The fraction of sp³-hybridized carbons (Fsp3) is 0.0213. The molecule has 0 aliphatic rings. The van der Waals surface area contributed by atoms with E-state index in [2.05, 4.69) is 194 Å². The summed E-state index contributed by atoms with van der Waals surface area (Å²) in [5.41, 5.74) is 12.0. The van der Waals surface area contributed by atoms with E-state index in [0.717, 1.165) is 17.1 Å². The second-order valence-corrected chi connectivity index (χ2v) is 12.6. The van der Waals surface area contributed by atoms with Gasteiger partial charge in [-0.25, -0.2) is 0 Å². The maximum absolute atomic E-state index is 2.38. The van der Waals surface area contributed by atoms with Crippen LogP contribution >= 0.6 is 0 Å². The summed E-state index contributed by atoms with van der Waals surface area (Å²) in [5, 5.41) is 7.94. The maximum Gasteiger partial charge on any atom is 0.0540 e. The average Bonchev–Trinajstić information content (AvgIpc) is 3.16. The van der Waals surface area contributed by atoms with Crippen LogP contribution in [0.4, 0.5) is 17.1 Å². The van der Waals surface area contributed by atoms with E-state index in [1.165, 1.54) is 71.3 Å². The number of rotatable bonds is 6.